The van der Waals surface area contributed by atoms with E-state index in [4.69, 9.17) is 0 Å². The summed E-state index contributed by atoms with van der Waals surface area (Å²) in [6.45, 7) is 0.754. The Balaban J connectivity index is 1.26. The van der Waals surface area contributed by atoms with Gasteiger partial charge in [-0.3, -0.25) is 9.20 Å². The number of nitrogens with zero attached hydrogens (tertiary/aromatic N) is 3. The quantitative estimate of drug-likeness (QED) is 0.923. The summed E-state index contributed by atoms with van der Waals surface area (Å²) in [5, 5.41) is 7.34. The number of pyridine rings is 1. The van der Waals surface area contributed by atoms with Crippen molar-refractivity contribution in [1.29, 1.82) is 0 Å². The highest BCUT2D eigenvalue weighted by atomic mass is 16.2. The lowest BCUT2D eigenvalue weighted by atomic mass is 9.49. The Morgan fingerprint density at radius 1 is 1.16 bits per heavy atom. The van der Waals surface area contributed by atoms with Gasteiger partial charge in [0, 0.05) is 12.7 Å². The Kier molecular flexibility index (Phi) is 3.30. The minimum Gasteiger partial charge on any atom is -0.354 e. The van der Waals surface area contributed by atoms with E-state index in [9.17, 15) is 9.59 Å². The summed E-state index contributed by atoms with van der Waals surface area (Å²) in [6, 6.07) is 5.39. The largest absolute Gasteiger partial charge is 0.354 e. The standard InChI is InChI=1S/C19H24N4O2/c24-17(11-23-18(25)22-4-2-1-3-16(22)21-23)20-12-19-8-13-5-14(9-19)7-15(6-13)10-19/h1-4,13-15H,5-12H2,(H,20,24). The van der Waals surface area contributed by atoms with Gasteiger partial charge < -0.3 is 5.32 Å². The molecule has 132 valence electrons. The van der Waals surface area contributed by atoms with Crippen molar-refractivity contribution in [3.63, 3.8) is 0 Å². The van der Waals surface area contributed by atoms with Crippen LogP contribution in [0.1, 0.15) is 38.5 Å². The number of aromatic nitrogens is 3. The molecule has 4 saturated carbocycles. The molecule has 1 amide bonds. The average molecular weight is 340 g/mol. The van der Waals surface area contributed by atoms with Gasteiger partial charge in [0.2, 0.25) is 5.91 Å². The first-order chi connectivity index (χ1) is 12.1. The normalized spacial score (nSPS) is 33.0. The van der Waals surface area contributed by atoms with E-state index in [1.165, 1.54) is 47.6 Å². The molecule has 6 heteroatoms. The molecule has 6 nitrogen and oxygen atoms in total. The summed E-state index contributed by atoms with van der Waals surface area (Å²) in [4.78, 5) is 24.7. The molecule has 1 N–H and O–H groups in total. The fourth-order valence-electron chi connectivity index (χ4n) is 6.06. The van der Waals surface area contributed by atoms with Crippen molar-refractivity contribution < 1.29 is 4.79 Å². The van der Waals surface area contributed by atoms with Crippen LogP contribution in [0.15, 0.2) is 29.2 Å². The number of nitrogens with one attached hydrogen (secondary N) is 1. The van der Waals surface area contributed by atoms with Crippen molar-refractivity contribution in [2.24, 2.45) is 23.2 Å². The van der Waals surface area contributed by atoms with Gasteiger partial charge in [-0.2, -0.15) is 0 Å². The summed E-state index contributed by atoms with van der Waals surface area (Å²) in [6.07, 6.45) is 9.71. The molecular weight excluding hydrogens is 316 g/mol. The van der Waals surface area contributed by atoms with E-state index >= 15 is 0 Å². The zero-order chi connectivity index (χ0) is 17.0. The molecule has 4 bridgehead atoms. The monoisotopic (exact) mass is 340 g/mol. The number of hydrogen-bond acceptors (Lipinski definition) is 3. The summed E-state index contributed by atoms with van der Waals surface area (Å²) in [5.74, 6) is 2.53. The van der Waals surface area contributed by atoms with E-state index in [1.54, 1.807) is 18.3 Å². The van der Waals surface area contributed by atoms with Crippen LogP contribution in [0.4, 0.5) is 0 Å². The van der Waals surface area contributed by atoms with Gasteiger partial charge in [-0.1, -0.05) is 6.07 Å². The lowest BCUT2D eigenvalue weighted by Gasteiger charge is -2.56. The van der Waals surface area contributed by atoms with Crippen LogP contribution < -0.4 is 11.0 Å². The van der Waals surface area contributed by atoms with Gasteiger partial charge >= 0.3 is 5.69 Å². The van der Waals surface area contributed by atoms with Crippen molar-refractivity contribution >= 4 is 11.6 Å². The van der Waals surface area contributed by atoms with Crippen molar-refractivity contribution in [1.82, 2.24) is 19.5 Å². The molecule has 4 aliphatic carbocycles. The maximum Gasteiger partial charge on any atom is 0.350 e. The van der Waals surface area contributed by atoms with Crippen LogP contribution in [0.5, 0.6) is 0 Å². The van der Waals surface area contributed by atoms with Gasteiger partial charge in [0.15, 0.2) is 5.65 Å². The topological polar surface area (TPSA) is 68.4 Å². The number of carbonyl (C=O) groups is 1. The summed E-state index contributed by atoms with van der Waals surface area (Å²) in [7, 11) is 0. The predicted octanol–water partition coefficient (Wildman–Crippen LogP) is 1.83. The molecule has 0 atom stereocenters. The molecule has 2 aromatic heterocycles. The van der Waals surface area contributed by atoms with E-state index in [0.717, 1.165) is 24.3 Å². The van der Waals surface area contributed by atoms with Crippen molar-refractivity contribution in [3.8, 4) is 0 Å². The second kappa shape index (κ2) is 5.44. The molecule has 2 aromatic rings. The molecule has 6 rings (SSSR count). The predicted molar refractivity (Wildman–Crippen MR) is 93.1 cm³/mol. The molecule has 0 saturated heterocycles. The third-order valence-corrected chi connectivity index (χ3v) is 6.61. The van der Waals surface area contributed by atoms with Crippen LogP contribution >= 0.6 is 0 Å². The number of hydrogen-bond donors (Lipinski definition) is 1. The van der Waals surface area contributed by atoms with Gasteiger partial charge in [0.25, 0.3) is 0 Å². The van der Waals surface area contributed by atoms with Gasteiger partial charge in [-0.25, -0.2) is 9.48 Å². The van der Waals surface area contributed by atoms with Crippen molar-refractivity contribution in [3.05, 3.63) is 34.9 Å². The van der Waals surface area contributed by atoms with Crippen LogP contribution in [0.25, 0.3) is 5.65 Å². The minimum absolute atomic E-state index is 0.00706. The molecule has 4 fully saturated rings. The van der Waals surface area contributed by atoms with E-state index in [0.29, 0.717) is 11.1 Å². The Morgan fingerprint density at radius 3 is 2.48 bits per heavy atom. The first kappa shape index (κ1) is 15.2. The van der Waals surface area contributed by atoms with Gasteiger partial charge in [-0.15, -0.1) is 5.10 Å². The number of amides is 1. The first-order valence-electron chi connectivity index (χ1n) is 9.41. The minimum atomic E-state index is -0.263. The number of carbonyl (C=O) groups excluding carboxylic acids is 1. The third-order valence-electron chi connectivity index (χ3n) is 6.61. The highest BCUT2D eigenvalue weighted by Crippen LogP contribution is 2.59. The lowest BCUT2D eigenvalue weighted by molar-refractivity contribution is -0.124. The lowest BCUT2D eigenvalue weighted by Crippen LogP contribution is -2.51. The van der Waals surface area contributed by atoms with Gasteiger partial charge in [-0.05, 0) is 73.8 Å². The van der Waals surface area contributed by atoms with E-state index < -0.39 is 0 Å². The number of rotatable bonds is 4. The Bertz CT molecular complexity index is 846. The van der Waals surface area contributed by atoms with E-state index in [-0.39, 0.29) is 18.1 Å². The van der Waals surface area contributed by atoms with Crippen LogP contribution in [0.2, 0.25) is 0 Å². The van der Waals surface area contributed by atoms with Crippen molar-refractivity contribution in [2.75, 3.05) is 6.54 Å². The fraction of sp³-hybridized carbons (Fsp3) is 0.632. The second-order valence-electron chi connectivity index (χ2n) is 8.56. The Hall–Kier alpha value is -2.11. The maximum atomic E-state index is 12.4. The molecule has 0 unspecified atom stereocenters. The van der Waals surface area contributed by atoms with E-state index in [2.05, 4.69) is 10.4 Å². The third kappa shape index (κ3) is 2.58. The molecule has 0 aromatic carbocycles. The zero-order valence-corrected chi connectivity index (χ0v) is 14.4. The van der Waals surface area contributed by atoms with Crippen LogP contribution in [-0.2, 0) is 11.3 Å². The molecule has 0 spiro atoms. The van der Waals surface area contributed by atoms with Crippen LogP contribution in [0.3, 0.4) is 0 Å². The molecule has 25 heavy (non-hydrogen) atoms. The summed E-state index contributed by atoms with van der Waals surface area (Å²) in [5.41, 5.74) is 0.621. The van der Waals surface area contributed by atoms with E-state index in [1.807, 2.05) is 6.07 Å². The Morgan fingerprint density at radius 2 is 1.84 bits per heavy atom. The molecular formula is C19H24N4O2. The maximum absolute atomic E-state index is 12.4. The van der Waals surface area contributed by atoms with Gasteiger partial charge in [0.1, 0.15) is 6.54 Å². The number of fused-ring (bicyclic) bond motifs is 1. The molecule has 0 radical (unpaired) electrons. The summed E-state index contributed by atoms with van der Waals surface area (Å²) < 4.78 is 2.72. The smallest absolute Gasteiger partial charge is 0.350 e. The Labute approximate surface area is 146 Å². The highest BCUT2D eigenvalue weighted by molar-refractivity contribution is 5.75. The SMILES string of the molecule is O=C(Cn1nc2ccccn2c1=O)NCC12CC3CC(CC(C3)C1)C2. The average Bonchev–Trinajstić information content (AvgIpc) is 2.88. The zero-order valence-electron chi connectivity index (χ0n) is 14.4. The first-order valence-corrected chi connectivity index (χ1v) is 9.41. The molecule has 0 aliphatic heterocycles. The second-order valence-corrected chi connectivity index (χ2v) is 8.56. The summed E-state index contributed by atoms with van der Waals surface area (Å²) >= 11 is 0. The molecule has 2 heterocycles. The van der Waals surface area contributed by atoms with Crippen LogP contribution in [-0.4, -0.2) is 26.6 Å². The van der Waals surface area contributed by atoms with Crippen molar-refractivity contribution in [2.45, 2.75) is 45.1 Å². The van der Waals surface area contributed by atoms with Crippen LogP contribution in [0, 0.1) is 23.2 Å². The fourth-order valence-corrected chi connectivity index (χ4v) is 6.06. The van der Waals surface area contributed by atoms with Gasteiger partial charge in [0.05, 0.1) is 0 Å². The highest BCUT2D eigenvalue weighted by Gasteiger charge is 2.50. The molecule has 4 aliphatic rings.